The van der Waals surface area contributed by atoms with Crippen LogP contribution in [0.2, 0.25) is 0 Å². The molecule has 0 saturated heterocycles. The van der Waals surface area contributed by atoms with E-state index in [1.54, 1.807) is 6.07 Å². The van der Waals surface area contributed by atoms with Crippen molar-refractivity contribution in [2.45, 2.75) is 25.8 Å². The van der Waals surface area contributed by atoms with Crippen LogP contribution in [0.1, 0.15) is 30.4 Å². The van der Waals surface area contributed by atoms with Crippen LogP contribution in [0.3, 0.4) is 0 Å². The number of hydrogen-bond acceptors (Lipinski definition) is 3. The summed E-state index contributed by atoms with van der Waals surface area (Å²) >= 11 is 0. The van der Waals surface area contributed by atoms with E-state index in [1.165, 1.54) is 11.6 Å². The zero-order valence-corrected chi connectivity index (χ0v) is 11.7. The molecule has 2 aromatic carbocycles. The van der Waals surface area contributed by atoms with Gasteiger partial charge in [-0.25, -0.2) is 0 Å². The number of phenolic OH excluding ortho intramolecular Hbond substituents is 2. The molecule has 0 aliphatic carbocycles. The second-order valence-electron chi connectivity index (χ2n) is 5.06. The average Bonchev–Trinajstić information content (AvgIpc) is 2.48. The van der Waals surface area contributed by atoms with Gasteiger partial charge in [-0.1, -0.05) is 49.4 Å². The summed E-state index contributed by atoms with van der Waals surface area (Å²) in [5, 5.41) is 22.4. The number of hydrogen-bond donors (Lipinski definition) is 3. The van der Waals surface area contributed by atoms with E-state index in [0.717, 1.165) is 18.5 Å². The first kappa shape index (κ1) is 14.4. The van der Waals surface area contributed by atoms with Crippen molar-refractivity contribution < 1.29 is 10.2 Å². The highest BCUT2D eigenvalue weighted by Gasteiger charge is 2.06. The van der Waals surface area contributed by atoms with Crippen LogP contribution in [-0.2, 0) is 6.54 Å². The van der Waals surface area contributed by atoms with Crippen LogP contribution in [0, 0.1) is 0 Å². The first-order valence-electron chi connectivity index (χ1n) is 6.94. The van der Waals surface area contributed by atoms with E-state index in [0.29, 0.717) is 12.5 Å². The number of phenols is 2. The lowest BCUT2D eigenvalue weighted by atomic mass is 9.98. The predicted octanol–water partition coefficient (Wildman–Crippen LogP) is 3.38. The second-order valence-corrected chi connectivity index (χ2v) is 5.06. The largest absolute Gasteiger partial charge is 0.504 e. The third kappa shape index (κ3) is 3.75. The van der Waals surface area contributed by atoms with E-state index in [9.17, 15) is 10.2 Å². The molecule has 3 N–H and O–H groups in total. The summed E-state index contributed by atoms with van der Waals surface area (Å²) in [6, 6.07) is 15.5. The molecule has 3 heteroatoms. The molecule has 0 bridgehead atoms. The van der Waals surface area contributed by atoms with E-state index in [4.69, 9.17) is 0 Å². The van der Waals surface area contributed by atoms with Gasteiger partial charge in [0.2, 0.25) is 0 Å². The van der Waals surface area contributed by atoms with Gasteiger partial charge >= 0.3 is 0 Å². The fourth-order valence-corrected chi connectivity index (χ4v) is 2.21. The van der Waals surface area contributed by atoms with Gasteiger partial charge in [0.15, 0.2) is 11.5 Å². The van der Waals surface area contributed by atoms with Gasteiger partial charge < -0.3 is 15.5 Å². The molecule has 106 valence electrons. The molecule has 2 aromatic rings. The quantitative estimate of drug-likeness (QED) is 0.557. The van der Waals surface area contributed by atoms with E-state index in [2.05, 4.69) is 36.5 Å². The first-order chi connectivity index (χ1) is 9.68. The number of benzene rings is 2. The molecule has 0 radical (unpaired) electrons. The maximum atomic E-state index is 9.69. The minimum Gasteiger partial charge on any atom is -0.504 e. The number of nitrogens with one attached hydrogen (secondary N) is 1. The summed E-state index contributed by atoms with van der Waals surface area (Å²) in [6.45, 7) is 3.63. The fourth-order valence-electron chi connectivity index (χ4n) is 2.21. The molecule has 0 aliphatic heterocycles. The highest BCUT2D eigenvalue weighted by atomic mass is 16.3. The molecule has 0 spiro atoms. The van der Waals surface area contributed by atoms with Crippen molar-refractivity contribution in [2.75, 3.05) is 6.54 Å². The first-order valence-corrected chi connectivity index (χ1v) is 6.94. The molecule has 1 unspecified atom stereocenters. The van der Waals surface area contributed by atoms with Crippen LogP contribution >= 0.6 is 0 Å². The monoisotopic (exact) mass is 271 g/mol. The number of para-hydroxylation sites is 1. The average molecular weight is 271 g/mol. The smallest absolute Gasteiger partial charge is 0.161 e. The Hall–Kier alpha value is -2.00. The molecule has 0 fully saturated rings. The lowest BCUT2D eigenvalue weighted by molar-refractivity contribution is 0.397. The Kier molecular flexibility index (Phi) is 5.02. The van der Waals surface area contributed by atoms with Crippen LogP contribution in [0.4, 0.5) is 0 Å². The van der Waals surface area contributed by atoms with Crippen molar-refractivity contribution >= 4 is 0 Å². The van der Waals surface area contributed by atoms with Crippen LogP contribution < -0.4 is 5.32 Å². The molecule has 0 amide bonds. The fraction of sp³-hybridized carbons (Fsp3) is 0.294. The molecule has 0 heterocycles. The van der Waals surface area contributed by atoms with Crippen LogP contribution in [0.5, 0.6) is 11.5 Å². The summed E-state index contributed by atoms with van der Waals surface area (Å²) in [6.07, 6.45) is 1.03. The van der Waals surface area contributed by atoms with Crippen molar-refractivity contribution in [3.05, 3.63) is 59.7 Å². The lowest BCUT2D eigenvalue weighted by Gasteiger charge is -2.13. The number of rotatable bonds is 6. The molecular weight excluding hydrogens is 250 g/mol. The maximum Gasteiger partial charge on any atom is 0.161 e. The molecule has 3 nitrogen and oxygen atoms in total. The van der Waals surface area contributed by atoms with Crippen LogP contribution in [-0.4, -0.2) is 16.8 Å². The summed E-state index contributed by atoms with van der Waals surface area (Å²) in [7, 11) is 0. The Morgan fingerprint density at radius 1 is 1.00 bits per heavy atom. The summed E-state index contributed by atoms with van der Waals surface area (Å²) in [5.41, 5.74) is 2.06. The van der Waals surface area contributed by atoms with Crippen LogP contribution in [0.15, 0.2) is 48.5 Å². The van der Waals surface area contributed by atoms with Gasteiger partial charge in [-0.05, 0) is 30.5 Å². The zero-order chi connectivity index (χ0) is 14.4. The van der Waals surface area contributed by atoms with Crippen molar-refractivity contribution in [1.82, 2.24) is 5.32 Å². The Morgan fingerprint density at radius 2 is 1.75 bits per heavy atom. The summed E-state index contributed by atoms with van der Waals surface area (Å²) < 4.78 is 0. The highest BCUT2D eigenvalue weighted by Crippen LogP contribution is 2.27. The second kappa shape index (κ2) is 6.96. The Bertz CT molecular complexity index is 540. The van der Waals surface area contributed by atoms with Crippen molar-refractivity contribution in [1.29, 1.82) is 0 Å². The van der Waals surface area contributed by atoms with Crippen LogP contribution in [0.25, 0.3) is 0 Å². The zero-order valence-electron chi connectivity index (χ0n) is 11.7. The van der Waals surface area contributed by atoms with Gasteiger partial charge in [0.25, 0.3) is 0 Å². The minimum absolute atomic E-state index is 0.0314. The van der Waals surface area contributed by atoms with Gasteiger partial charge in [0, 0.05) is 12.1 Å². The third-order valence-electron chi connectivity index (χ3n) is 3.54. The Balaban J connectivity index is 1.78. The van der Waals surface area contributed by atoms with E-state index >= 15 is 0 Å². The van der Waals surface area contributed by atoms with E-state index in [1.807, 2.05) is 12.1 Å². The normalized spacial score (nSPS) is 12.2. The van der Waals surface area contributed by atoms with Gasteiger partial charge in [-0.2, -0.15) is 0 Å². The van der Waals surface area contributed by atoms with Crippen molar-refractivity contribution in [2.24, 2.45) is 0 Å². The standard InChI is InChI=1S/C17H21NO2/c1-13(14-6-3-2-4-7-14)10-11-18-12-15-8-5-9-16(19)17(15)20/h2-9,13,18-20H,10-12H2,1H3. The maximum absolute atomic E-state index is 9.69. The minimum atomic E-state index is -0.0676. The highest BCUT2D eigenvalue weighted by molar-refractivity contribution is 5.44. The summed E-state index contributed by atoms with van der Waals surface area (Å²) in [4.78, 5) is 0. The van der Waals surface area contributed by atoms with E-state index in [-0.39, 0.29) is 11.5 Å². The van der Waals surface area contributed by atoms with E-state index < -0.39 is 0 Å². The molecule has 0 aromatic heterocycles. The molecule has 1 atom stereocenters. The molecule has 0 saturated carbocycles. The molecule has 20 heavy (non-hydrogen) atoms. The van der Waals surface area contributed by atoms with Crippen molar-refractivity contribution in [3.63, 3.8) is 0 Å². The van der Waals surface area contributed by atoms with Gasteiger partial charge in [-0.15, -0.1) is 0 Å². The molecule has 0 aliphatic rings. The van der Waals surface area contributed by atoms with Gasteiger partial charge in [-0.3, -0.25) is 0 Å². The molecule has 2 rings (SSSR count). The molecular formula is C17H21NO2. The topological polar surface area (TPSA) is 52.5 Å². The Labute approximate surface area is 119 Å². The third-order valence-corrected chi connectivity index (χ3v) is 3.54. The predicted molar refractivity (Wildman–Crippen MR) is 81.0 cm³/mol. The van der Waals surface area contributed by atoms with Gasteiger partial charge in [0.05, 0.1) is 0 Å². The lowest BCUT2D eigenvalue weighted by Crippen LogP contribution is -2.16. The SMILES string of the molecule is CC(CCNCc1cccc(O)c1O)c1ccccc1. The van der Waals surface area contributed by atoms with Crippen molar-refractivity contribution in [3.8, 4) is 11.5 Å². The van der Waals surface area contributed by atoms with Gasteiger partial charge in [0.1, 0.15) is 0 Å². The number of aromatic hydroxyl groups is 2. The summed E-state index contributed by atoms with van der Waals surface area (Å²) in [5.74, 6) is 0.402. The Morgan fingerprint density at radius 3 is 2.50 bits per heavy atom.